The molecule has 0 radical (unpaired) electrons. The zero-order valence-corrected chi connectivity index (χ0v) is 7.09. The molecule has 64 valence electrons. The number of ether oxygens (including phenoxy) is 1. The molecule has 0 spiro atoms. The van der Waals surface area contributed by atoms with Gasteiger partial charge in [0.2, 0.25) is 0 Å². The van der Waals surface area contributed by atoms with Gasteiger partial charge < -0.3 is 4.74 Å². The number of hydrogen-bond donors (Lipinski definition) is 0. The second-order valence-corrected chi connectivity index (χ2v) is 2.97. The molecule has 1 aliphatic heterocycles. The van der Waals surface area contributed by atoms with Crippen LogP contribution in [0.5, 0.6) is 0 Å². The van der Waals surface area contributed by atoms with Gasteiger partial charge in [-0.2, -0.15) is 0 Å². The van der Waals surface area contributed by atoms with Crippen molar-refractivity contribution in [3.63, 3.8) is 0 Å². The molecule has 0 amide bonds. The van der Waals surface area contributed by atoms with Gasteiger partial charge in [0.15, 0.2) is 0 Å². The SMILES string of the molecule is C=CCOCN1CCCCC1. The Kier molecular flexibility index (Phi) is 4.24. The molecule has 1 aliphatic rings. The molecule has 11 heavy (non-hydrogen) atoms. The maximum atomic E-state index is 5.33. The second-order valence-electron chi connectivity index (χ2n) is 2.97. The van der Waals surface area contributed by atoms with Crippen LogP contribution < -0.4 is 0 Å². The summed E-state index contributed by atoms with van der Waals surface area (Å²) in [5, 5.41) is 0. The number of piperidine rings is 1. The summed E-state index contributed by atoms with van der Waals surface area (Å²) in [6.07, 6.45) is 5.84. The van der Waals surface area contributed by atoms with Crippen molar-refractivity contribution in [2.45, 2.75) is 19.3 Å². The maximum absolute atomic E-state index is 5.33. The van der Waals surface area contributed by atoms with Crippen LogP contribution >= 0.6 is 0 Å². The molecule has 0 bridgehead atoms. The molecule has 0 aliphatic carbocycles. The average molecular weight is 155 g/mol. The molecule has 0 atom stereocenters. The lowest BCUT2D eigenvalue weighted by Gasteiger charge is -2.25. The van der Waals surface area contributed by atoms with E-state index in [-0.39, 0.29) is 0 Å². The lowest BCUT2D eigenvalue weighted by molar-refractivity contribution is 0.0329. The van der Waals surface area contributed by atoms with Crippen LogP contribution in [0, 0.1) is 0 Å². The molecule has 1 rings (SSSR count). The highest BCUT2D eigenvalue weighted by Gasteiger charge is 2.08. The third kappa shape index (κ3) is 3.54. The molecule has 1 fully saturated rings. The van der Waals surface area contributed by atoms with Crippen LogP contribution in [0.15, 0.2) is 12.7 Å². The lowest BCUT2D eigenvalue weighted by Crippen LogP contribution is -2.31. The number of likely N-dealkylation sites (tertiary alicyclic amines) is 1. The fourth-order valence-corrected chi connectivity index (χ4v) is 1.35. The van der Waals surface area contributed by atoms with Crippen molar-refractivity contribution < 1.29 is 4.74 Å². The van der Waals surface area contributed by atoms with E-state index in [9.17, 15) is 0 Å². The summed E-state index contributed by atoms with van der Waals surface area (Å²) in [6.45, 7) is 7.47. The van der Waals surface area contributed by atoms with Crippen molar-refractivity contribution in [3.05, 3.63) is 12.7 Å². The van der Waals surface area contributed by atoms with Crippen molar-refractivity contribution in [2.24, 2.45) is 0 Å². The number of hydrogen-bond acceptors (Lipinski definition) is 2. The number of rotatable bonds is 4. The molecule has 2 heteroatoms. The monoisotopic (exact) mass is 155 g/mol. The summed E-state index contributed by atoms with van der Waals surface area (Å²) in [6, 6.07) is 0. The summed E-state index contributed by atoms with van der Waals surface area (Å²) in [5.74, 6) is 0. The fourth-order valence-electron chi connectivity index (χ4n) is 1.35. The summed E-state index contributed by atoms with van der Waals surface area (Å²) in [7, 11) is 0. The van der Waals surface area contributed by atoms with Crippen LogP contribution in [0.4, 0.5) is 0 Å². The van der Waals surface area contributed by atoms with Crippen molar-refractivity contribution in [1.29, 1.82) is 0 Å². The predicted molar refractivity (Wildman–Crippen MR) is 46.4 cm³/mol. The third-order valence-corrected chi connectivity index (χ3v) is 1.96. The van der Waals surface area contributed by atoms with Crippen LogP contribution in [0.2, 0.25) is 0 Å². The summed E-state index contributed by atoms with van der Waals surface area (Å²) < 4.78 is 5.33. The molecule has 2 nitrogen and oxygen atoms in total. The molecule has 0 N–H and O–H groups in total. The van der Waals surface area contributed by atoms with Gasteiger partial charge in [0.1, 0.15) is 0 Å². The zero-order chi connectivity index (χ0) is 7.94. The van der Waals surface area contributed by atoms with Gasteiger partial charge >= 0.3 is 0 Å². The summed E-state index contributed by atoms with van der Waals surface area (Å²) in [5.41, 5.74) is 0. The molecule has 0 aromatic heterocycles. The van der Waals surface area contributed by atoms with E-state index in [4.69, 9.17) is 4.74 Å². The molecular weight excluding hydrogens is 138 g/mol. The molecular formula is C9H17NO. The van der Waals surface area contributed by atoms with Gasteiger partial charge in [-0.05, 0) is 12.8 Å². The van der Waals surface area contributed by atoms with Gasteiger partial charge in [-0.3, -0.25) is 4.90 Å². The van der Waals surface area contributed by atoms with Crippen molar-refractivity contribution in [2.75, 3.05) is 26.4 Å². The normalized spacial score (nSPS) is 20.0. The highest BCUT2D eigenvalue weighted by molar-refractivity contribution is 4.65. The first-order chi connectivity index (χ1) is 5.43. The molecule has 1 saturated heterocycles. The minimum atomic E-state index is 0.677. The molecule has 0 aromatic rings. The standard InChI is InChI=1S/C9H17NO/c1-2-8-11-9-10-6-4-3-5-7-10/h2H,1,3-9H2. The Hall–Kier alpha value is -0.340. The minimum Gasteiger partial charge on any atom is -0.362 e. The highest BCUT2D eigenvalue weighted by atomic mass is 16.5. The summed E-state index contributed by atoms with van der Waals surface area (Å²) in [4.78, 5) is 2.35. The molecule has 1 heterocycles. The topological polar surface area (TPSA) is 12.5 Å². The number of nitrogens with zero attached hydrogens (tertiary/aromatic N) is 1. The zero-order valence-electron chi connectivity index (χ0n) is 7.09. The molecule has 0 unspecified atom stereocenters. The van der Waals surface area contributed by atoms with Crippen LogP contribution in [0.25, 0.3) is 0 Å². The van der Waals surface area contributed by atoms with E-state index in [0.29, 0.717) is 6.61 Å². The largest absolute Gasteiger partial charge is 0.362 e. The van der Waals surface area contributed by atoms with Gasteiger partial charge in [-0.1, -0.05) is 12.5 Å². The van der Waals surface area contributed by atoms with Crippen molar-refractivity contribution >= 4 is 0 Å². The van der Waals surface area contributed by atoms with Gasteiger partial charge in [-0.25, -0.2) is 0 Å². The van der Waals surface area contributed by atoms with E-state index in [1.54, 1.807) is 6.08 Å². The highest BCUT2D eigenvalue weighted by Crippen LogP contribution is 2.07. The van der Waals surface area contributed by atoms with Gasteiger partial charge in [0.25, 0.3) is 0 Å². The Bertz CT molecular complexity index is 108. The minimum absolute atomic E-state index is 0.677. The Morgan fingerprint density at radius 2 is 2.00 bits per heavy atom. The Morgan fingerprint density at radius 3 is 2.64 bits per heavy atom. The first-order valence-corrected chi connectivity index (χ1v) is 4.34. The van der Waals surface area contributed by atoms with E-state index >= 15 is 0 Å². The average Bonchev–Trinajstić information content (AvgIpc) is 2.07. The maximum Gasteiger partial charge on any atom is 0.0994 e. The van der Waals surface area contributed by atoms with E-state index in [2.05, 4.69) is 11.5 Å². The fraction of sp³-hybridized carbons (Fsp3) is 0.778. The van der Waals surface area contributed by atoms with Crippen molar-refractivity contribution in [1.82, 2.24) is 4.90 Å². The van der Waals surface area contributed by atoms with Gasteiger partial charge in [0.05, 0.1) is 13.3 Å². The first-order valence-electron chi connectivity index (χ1n) is 4.34. The lowest BCUT2D eigenvalue weighted by atomic mass is 10.1. The van der Waals surface area contributed by atoms with E-state index < -0.39 is 0 Å². The van der Waals surface area contributed by atoms with Crippen LogP contribution in [0.1, 0.15) is 19.3 Å². The molecule has 0 aromatic carbocycles. The second kappa shape index (κ2) is 5.33. The Labute approximate surface area is 68.8 Å². The van der Waals surface area contributed by atoms with E-state index in [1.807, 2.05) is 0 Å². The first kappa shape index (κ1) is 8.75. The quantitative estimate of drug-likeness (QED) is 0.452. The smallest absolute Gasteiger partial charge is 0.0994 e. The van der Waals surface area contributed by atoms with Crippen LogP contribution in [-0.4, -0.2) is 31.3 Å². The van der Waals surface area contributed by atoms with Crippen molar-refractivity contribution in [3.8, 4) is 0 Å². The van der Waals surface area contributed by atoms with E-state index in [0.717, 1.165) is 6.73 Å². The Morgan fingerprint density at radius 1 is 1.27 bits per heavy atom. The summed E-state index contributed by atoms with van der Waals surface area (Å²) >= 11 is 0. The molecule has 0 saturated carbocycles. The van der Waals surface area contributed by atoms with E-state index in [1.165, 1.54) is 32.4 Å². The van der Waals surface area contributed by atoms with Gasteiger partial charge in [0, 0.05) is 13.1 Å². The third-order valence-electron chi connectivity index (χ3n) is 1.96. The predicted octanol–water partition coefficient (Wildman–Crippen LogP) is 1.63. The van der Waals surface area contributed by atoms with Crippen LogP contribution in [0.3, 0.4) is 0 Å². The van der Waals surface area contributed by atoms with Crippen LogP contribution in [-0.2, 0) is 4.74 Å². The van der Waals surface area contributed by atoms with Gasteiger partial charge in [-0.15, -0.1) is 6.58 Å². The Balaban J connectivity index is 2.00.